The summed E-state index contributed by atoms with van der Waals surface area (Å²) >= 11 is 0. The number of benzene rings is 1. The Labute approximate surface area is 130 Å². The number of carbonyl (C=O) groups is 2. The van der Waals surface area contributed by atoms with Crippen LogP contribution >= 0.6 is 0 Å². The fraction of sp³-hybridized carbons (Fsp3) is 0.500. The molecule has 1 aromatic rings. The minimum Gasteiger partial charge on any atom is -0.458 e. The van der Waals surface area contributed by atoms with E-state index in [1.807, 2.05) is 30.3 Å². The van der Waals surface area contributed by atoms with Crippen molar-refractivity contribution in [2.75, 3.05) is 0 Å². The average Bonchev–Trinajstić information content (AvgIpc) is 2.43. The van der Waals surface area contributed by atoms with E-state index in [-0.39, 0.29) is 6.61 Å². The Balaban J connectivity index is 2.41. The second-order valence-electron chi connectivity index (χ2n) is 5.97. The van der Waals surface area contributed by atoms with Crippen molar-refractivity contribution in [1.82, 2.24) is 5.32 Å². The lowest BCUT2D eigenvalue weighted by Gasteiger charge is -2.24. The van der Waals surface area contributed by atoms with Crippen molar-refractivity contribution < 1.29 is 24.2 Å². The van der Waals surface area contributed by atoms with Crippen LogP contribution in [0.25, 0.3) is 0 Å². The van der Waals surface area contributed by atoms with Crippen LogP contribution in [0.5, 0.6) is 0 Å². The maximum absolute atomic E-state index is 11.7. The molecule has 0 spiro atoms. The molecule has 1 aromatic carbocycles. The highest BCUT2D eigenvalue weighted by molar-refractivity contribution is 5.77. The number of amides is 1. The SMILES string of the molecule is C[C@H](NC(=O)OCc1ccccc1)[C@@H](O)C(=O)OC(C)(C)C. The first-order valence-corrected chi connectivity index (χ1v) is 7.07. The maximum atomic E-state index is 11.7. The van der Waals surface area contributed by atoms with Gasteiger partial charge in [-0.1, -0.05) is 30.3 Å². The Bertz CT molecular complexity index is 495. The highest BCUT2D eigenvalue weighted by atomic mass is 16.6. The molecule has 1 rings (SSSR count). The lowest BCUT2D eigenvalue weighted by molar-refractivity contribution is -0.166. The van der Waals surface area contributed by atoms with Crippen LogP contribution in [-0.2, 0) is 20.9 Å². The van der Waals surface area contributed by atoms with Crippen LogP contribution in [-0.4, -0.2) is 34.9 Å². The van der Waals surface area contributed by atoms with E-state index in [2.05, 4.69) is 5.32 Å². The van der Waals surface area contributed by atoms with E-state index in [1.54, 1.807) is 20.8 Å². The number of aliphatic hydroxyl groups is 1. The van der Waals surface area contributed by atoms with Crippen LogP contribution in [0.1, 0.15) is 33.3 Å². The number of carbonyl (C=O) groups excluding carboxylic acids is 2. The van der Waals surface area contributed by atoms with Crippen molar-refractivity contribution in [3.8, 4) is 0 Å². The minimum absolute atomic E-state index is 0.113. The van der Waals surface area contributed by atoms with Gasteiger partial charge in [-0.15, -0.1) is 0 Å². The fourth-order valence-corrected chi connectivity index (χ4v) is 1.60. The van der Waals surface area contributed by atoms with Gasteiger partial charge in [-0.25, -0.2) is 9.59 Å². The predicted octanol–water partition coefficient (Wildman–Crippen LogP) is 2.00. The molecule has 0 aromatic heterocycles. The summed E-state index contributed by atoms with van der Waals surface area (Å²) < 4.78 is 10.1. The standard InChI is InChI=1S/C16H23NO5/c1-11(13(18)14(19)22-16(2,3)4)17-15(20)21-10-12-8-6-5-7-9-12/h5-9,11,13,18H,10H2,1-4H3,(H,17,20)/t11-,13+/m0/s1. The molecule has 0 aliphatic carbocycles. The molecule has 1 amide bonds. The van der Waals surface area contributed by atoms with E-state index < -0.39 is 29.8 Å². The van der Waals surface area contributed by atoms with Gasteiger partial charge in [-0.05, 0) is 33.3 Å². The Morgan fingerprint density at radius 1 is 1.23 bits per heavy atom. The summed E-state index contributed by atoms with van der Waals surface area (Å²) in [6, 6.07) is 8.37. The molecule has 2 N–H and O–H groups in total. The molecule has 0 aliphatic rings. The smallest absolute Gasteiger partial charge is 0.407 e. The van der Waals surface area contributed by atoms with Crippen LogP contribution in [0, 0.1) is 0 Å². The average molecular weight is 309 g/mol. The van der Waals surface area contributed by atoms with E-state index in [9.17, 15) is 14.7 Å². The van der Waals surface area contributed by atoms with E-state index >= 15 is 0 Å². The zero-order valence-corrected chi connectivity index (χ0v) is 13.3. The van der Waals surface area contributed by atoms with Gasteiger partial charge in [-0.2, -0.15) is 0 Å². The normalized spacial score (nSPS) is 13.9. The first-order chi connectivity index (χ1) is 10.2. The lowest BCUT2D eigenvalue weighted by Crippen LogP contribution is -2.47. The summed E-state index contributed by atoms with van der Waals surface area (Å²) in [4.78, 5) is 23.3. The van der Waals surface area contributed by atoms with E-state index in [0.29, 0.717) is 0 Å². The number of esters is 1. The number of alkyl carbamates (subject to hydrolysis) is 1. The Morgan fingerprint density at radius 2 is 1.82 bits per heavy atom. The lowest BCUT2D eigenvalue weighted by atomic mass is 10.1. The highest BCUT2D eigenvalue weighted by Gasteiger charge is 2.29. The molecule has 122 valence electrons. The van der Waals surface area contributed by atoms with Gasteiger partial charge < -0.3 is 19.9 Å². The van der Waals surface area contributed by atoms with Crippen LogP contribution in [0.2, 0.25) is 0 Å². The first-order valence-electron chi connectivity index (χ1n) is 7.07. The quantitative estimate of drug-likeness (QED) is 0.813. The summed E-state index contributed by atoms with van der Waals surface area (Å²) in [6.45, 7) is 6.71. The number of aliphatic hydroxyl groups excluding tert-OH is 1. The molecule has 0 aliphatic heterocycles. The summed E-state index contributed by atoms with van der Waals surface area (Å²) in [7, 11) is 0. The Kier molecular flexibility index (Phi) is 6.37. The summed E-state index contributed by atoms with van der Waals surface area (Å²) in [5.41, 5.74) is 0.143. The van der Waals surface area contributed by atoms with E-state index in [1.165, 1.54) is 6.92 Å². The van der Waals surface area contributed by atoms with E-state index in [0.717, 1.165) is 5.56 Å². The topological polar surface area (TPSA) is 84.9 Å². The largest absolute Gasteiger partial charge is 0.458 e. The molecule has 0 unspecified atom stereocenters. The molecule has 0 saturated carbocycles. The van der Waals surface area contributed by atoms with Gasteiger partial charge in [0.05, 0.1) is 6.04 Å². The van der Waals surface area contributed by atoms with Gasteiger partial charge in [0.2, 0.25) is 0 Å². The van der Waals surface area contributed by atoms with Crippen LogP contribution in [0.15, 0.2) is 30.3 Å². The van der Waals surface area contributed by atoms with Crippen LogP contribution in [0.3, 0.4) is 0 Å². The molecule has 22 heavy (non-hydrogen) atoms. The van der Waals surface area contributed by atoms with Crippen molar-refractivity contribution in [2.24, 2.45) is 0 Å². The molecule has 0 bridgehead atoms. The van der Waals surface area contributed by atoms with Crippen molar-refractivity contribution in [2.45, 2.75) is 52.0 Å². The van der Waals surface area contributed by atoms with Gasteiger partial charge in [0, 0.05) is 0 Å². The third-order valence-corrected chi connectivity index (χ3v) is 2.68. The summed E-state index contributed by atoms with van der Waals surface area (Å²) in [5, 5.41) is 12.2. The molecule has 2 atom stereocenters. The monoisotopic (exact) mass is 309 g/mol. The molecule has 6 nitrogen and oxygen atoms in total. The van der Waals surface area contributed by atoms with Gasteiger partial charge in [-0.3, -0.25) is 0 Å². The van der Waals surface area contributed by atoms with Crippen molar-refractivity contribution in [3.63, 3.8) is 0 Å². The molecule has 6 heteroatoms. The van der Waals surface area contributed by atoms with Gasteiger partial charge >= 0.3 is 12.1 Å². The van der Waals surface area contributed by atoms with Gasteiger partial charge in [0.1, 0.15) is 12.2 Å². The zero-order chi connectivity index (χ0) is 16.8. The zero-order valence-electron chi connectivity index (χ0n) is 13.3. The predicted molar refractivity (Wildman–Crippen MR) is 81.1 cm³/mol. The first kappa shape index (κ1) is 18.0. The molecule has 0 radical (unpaired) electrons. The second kappa shape index (κ2) is 7.79. The Hall–Kier alpha value is -2.08. The summed E-state index contributed by atoms with van der Waals surface area (Å²) in [5.74, 6) is -0.789. The Morgan fingerprint density at radius 3 is 2.36 bits per heavy atom. The third-order valence-electron chi connectivity index (χ3n) is 2.68. The molecule has 0 heterocycles. The number of rotatable bonds is 5. The van der Waals surface area contributed by atoms with Gasteiger partial charge in [0.25, 0.3) is 0 Å². The molecule has 0 saturated heterocycles. The van der Waals surface area contributed by atoms with Crippen molar-refractivity contribution in [1.29, 1.82) is 0 Å². The molecule has 0 fully saturated rings. The minimum atomic E-state index is -1.46. The molecular weight excluding hydrogens is 286 g/mol. The van der Waals surface area contributed by atoms with Crippen molar-refractivity contribution >= 4 is 12.1 Å². The fourth-order valence-electron chi connectivity index (χ4n) is 1.60. The molecular formula is C16H23NO5. The third kappa shape index (κ3) is 6.58. The second-order valence-corrected chi connectivity index (χ2v) is 5.97. The van der Waals surface area contributed by atoms with Crippen LogP contribution in [0.4, 0.5) is 4.79 Å². The number of nitrogens with one attached hydrogen (secondary N) is 1. The summed E-state index contributed by atoms with van der Waals surface area (Å²) in [6.07, 6.45) is -2.16. The van der Waals surface area contributed by atoms with Gasteiger partial charge in [0.15, 0.2) is 6.10 Å². The highest BCUT2D eigenvalue weighted by Crippen LogP contribution is 2.10. The van der Waals surface area contributed by atoms with E-state index in [4.69, 9.17) is 9.47 Å². The number of ether oxygens (including phenoxy) is 2. The number of hydrogen-bond acceptors (Lipinski definition) is 5. The van der Waals surface area contributed by atoms with Crippen LogP contribution < -0.4 is 5.32 Å². The number of hydrogen-bond donors (Lipinski definition) is 2. The van der Waals surface area contributed by atoms with Crippen molar-refractivity contribution in [3.05, 3.63) is 35.9 Å². The maximum Gasteiger partial charge on any atom is 0.407 e.